The number of rotatable bonds is 8. The van der Waals surface area contributed by atoms with Crippen LogP contribution in [-0.4, -0.2) is 28.2 Å². The zero-order valence-electron chi connectivity index (χ0n) is 11.9. The van der Waals surface area contributed by atoms with Crippen molar-refractivity contribution < 1.29 is 17.9 Å². The first-order chi connectivity index (χ1) is 9.36. The number of primary sulfonamides is 1. The molecule has 6 nitrogen and oxygen atoms in total. The van der Waals surface area contributed by atoms with E-state index in [0.717, 1.165) is 12.8 Å². The molecule has 0 saturated carbocycles. The zero-order chi connectivity index (χ0) is 15.2. The number of nitrogen functional groups attached to an aromatic ring is 1. The molecule has 1 aromatic rings. The van der Waals surface area contributed by atoms with E-state index in [4.69, 9.17) is 20.3 Å². The minimum Gasteiger partial charge on any atom is -0.491 e. The Bertz CT molecular complexity index is 544. The number of hydrogen-bond donors (Lipinski definition) is 2. The van der Waals surface area contributed by atoms with E-state index in [0.29, 0.717) is 36.8 Å². The van der Waals surface area contributed by atoms with Crippen molar-refractivity contribution in [2.75, 3.05) is 25.6 Å². The highest BCUT2D eigenvalue weighted by Gasteiger charge is 2.16. The standard InChI is InChI=1S/C13H22N2O4S/c1-3-4-5-18-6-7-19-12-8-11(14)9-13(10(12)2)20(15,16)17/h8-9H,3-7,14H2,1-2H3,(H2,15,16,17). The summed E-state index contributed by atoms with van der Waals surface area (Å²) in [6.45, 7) is 5.19. The summed E-state index contributed by atoms with van der Waals surface area (Å²) < 4.78 is 33.8. The molecule has 0 fully saturated rings. The Morgan fingerprint density at radius 2 is 1.90 bits per heavy atom. The average molecular weight is 302 g/mol. The van der Waals surface area contributed by atoms with E-state index in [1.807, 2.05) is 0 Å². The van der Waals surface area contributed by atoms with Gasteiger partial charge in [-0.15, -0.1) is 0 Å². The summed E-state index contributed by atoms with van der Waals surface area (Å²) in [6, 6.07) is 2.91. The van der Waals surface area contributed by atoms with Crippen LogP contribution in [-0.2, 0) is 14.8 Å². The van der Waals surface area contributed by atoms with Crippen molar-refractivity contribution in [1.82, 2.24) is 0 Å². The molecule has 0 aliphatic rings. The molecular weight excluding hydrogens is 280 g/mol. The van der Waals surface area contributed by atoms with Crippen LogP contribution in [0.3, 0.4) is 0 Å². The van der Waals surface area contributed by atoms with E-state index < -0.39 is 10.0 Å². The lowest BCUT2D eigenvalue weighted by Gasteiger charge is -2.13. The van der Waals surface area contributed by atoms with Gasteiger partial charge in [0.1, 0.15) is 12.4 Å². The fourth-order valence-corrected chi connectivity index (χ4v) is 2.51. The normalized spacial score (nSPS) is 11.6. The number of ether oxygens (including phenoxy) is 2. The molecule has 0 aliphatic heterocycles. The Morgan fingerprint density at radius 1 is 1.20 bits per heavy atom. The molecule has 0 spiro atoms. The van der Waals surface area contributed by atoms with E-state index in [1.165, 1.54) is 6.07 Å². The average Bonchev–Trinajstić information content (AvgIpc) is 2.35. The largest absolute Gasteiger partial charge is 0.491 e. The highest BCUT2D eigenvalue weighted by Crippen LogP contribution is 2.27. The molecule has 20 heavy (non-hydrogen) atoms. The quantitative estimate of drug-likeness (QED) is 0.558. The van der Waals surface area contributed by atoms with E-state index in [1.54, 1.807) is 13.0 Å². The van der Waals surface area contributed by atoms with E-state index in [2.05, 4.69) is 6.92 Å². The molecule has 1 aromatic carbocycles. The van der Waals surface area contributed by atoms with Crippen molar-refractivity contribution in [3.63, 3.8) is 0 Å². The number of unbranched alkanes of at least 4 members (excludes halogenated alkanes) is 1. The van der Waals surface area contributed by atoms with E-state index in [-0.39, 0.29) is 4.90 Å². The molecule has 0 radical (unpaired) electrons. The Kier molecular flexibility index (Phi) is 6.25. The molecule has 0 aliphatic carbocycles. The van der Waals surface area contributed by atoms with Crippen LogP contribution in [0.4, 0.5) is 5.69 Å². The third-order valence-electron chi connectivity index (χ3n) is 2.77. The summed E-state index contributed by atoms with van der Waals surface area (Å²) in [5, 5.41) is 5.14. The van der Waals surface area contributed by atoms with Crippen molar-refractivity contribution in [2.24, 2.45) is 5.14 Å². The molecule has 0 aromatic heterocycles. The van der Waals surface area contributed by atoms with Crippen LogP contribution in [0.1, 0.15) is 25.3 Å². The zero-order valence-corrected chi connectivity index (χ0v) is 12.7. The molecule has 1 rings (SSSR count). The molecule has 7 heteroatoms. The van der Waals surface area contributed by atoms with Crippen LogP contribution in [0.25, 0.3) is 0 Å². The smallest absolute Gasteiger partial charge is 0.238 e. The maximum atomic E-state index is 11.4. The molecule has 0 bridgehead atoms. The Morgan fingerprint density at radius 3 is 2.50 bits per heavy atom. The first kappa shape index (κ1) is 16.7. The van der Waals surface area contributed by atoms with Crippen molar-refractivity contribution in [3.8, 4) is 5.75 Å². The molecule has 0 atom stereocenters. The first-order valence-electron chi connectivity index (χ1n) is 6.49. The Hall–Kier alpha value is -1.31. The maximum Gasteiger partial charge on any atom is 0.238 e. The molecular formula is C13H22N2O4S. The van der Waals surface area contributed by atoms with Crippen molar-refractivity contribution in [1.29, 1.82) is 0 Å². The summed E-state index contributed by atoms with van der Waals surface area (Å²) in [4.78, 5) is -0.0144. The topological polar surface area (TPSA) is 105 Å². The highest BCUT2D eigenvalue weighted by molar-refractivity contribution is 7.89. The second-order valence-electron chi connectivity index (χ2n) is 4.50. The van der Waals surface area contributed by atoms with Gasteiger partial charge in [-0.25, -0.2) is 13.6 Å². The van der Waals surface area contributed by atoms with Crippen molar-refractivity contribution in [3.05, 3.63) is 17.7 Å². The first-order valence-corrected chi connectivity index (χ1v) is 8.04. The minimum absolute atomic E-state index is 0.0144. The van der Waals surface area contributed by atoms with Crippen LogP contribution < -0.4 is 15.6 Å². The Balaban J connectivity index is 2.69. The number of benzene rings is 1. The van der Waals surface area contributed by atoms with Gasteiger partial charge in [0.05, 0.1) is 11.5 Å². The summed E-state index contributed by atoms with van der Waals surface area (Å²) >= 11 is 0. The maximum absolute atomic E-state index is 11.4. The predicted molar refractivity (Wildman–Crippen MR) is 78.2 cm³/mol. The second kappa shape index (κ2) is 7.47. The molecule has 0 amide bonds. The molecule has 0 heterocycles. The van der Waals surface area contributed by atoms with Gasteiger partial charge in [-0.2, -0.15) is 0 Å². The number of anilines is 1. The summed E-state index contributed by atoms with van der Waals surface area (Å²) in [5.74, 6) is 0.410. The van der Waals surface area contributed by atoms with Gasteiger partial charge in [-0.05, 0) is 19.4 Å². The van der Waals surface area contributed by atoms with Crippen LogP contribution in [0, 0.1) is 6.92 Å². The van der Waals surface area contributed by atoms with Crippen molar-refractivity contribution >= 4 is 15.7 Å². The van der Waals surface area contributed by atoms with Crippen LogP contribution in [0.15, 0.2) is 17.0 Å². The lowest BCUT2D eigenvalue weighted by atomic mass is 10.2. The monoisotopic (exact) mass is 302 g/mol. The molecule has 0 unspecified atom stereocenters. The van der Waals surface area contributed by atoms with Gasteiger partial charge in [0.2, 0.25) is 10.0 Å². The molecule has 0 saturated heterocycles. The van der Waals surface area contributed by atoms with Crippen LogP contribution in [0.5, 0.6) is 5.75 Å². The number of sulfonamides is 1. The minimum atomic E-state index is -3.81. The lowest BCUT2D eigenvalue weighted by Crippen LogP contribution is -2.15. The summed E-state index contributed by atoms with van der Waals surface area (Å²) in [7, 11) is -3.81. The van der Waals surface area contributed by atoms with Gasteiger partial charge in [-0.3, -0.25) is 0 Å². The number of nitrogens with two attached hydrogens (primary N) is 2. The third kappa shape index (κ3) is 4.99. The molecule has 4 N–H and O–H groups in total. The van der Waals surface area contributed by atoms with Gasteiger partial charge >= 0.3 is 0 Å². The second-order valence-corrected chi connectivity index (χ2v) is 6.03. The highest BCUT2D eigenvalue weighted by atomic mass is 32.2. The van der Waals surface area contributed by atoms with Gasteiger partial charge < -0.3 is 15.2 Å². The van der Waals surface area contributed by atoms with Gasteiger partial charge in [0.15, 0.2) is 0 Å². The predicted octanol–water partition coefficient (Wildman–Crippen LogP) is 1.42. The van der Waals surface area contributed by atoms with Gasteiger partial charge in [0, 0.05) is 23.9 Å². The van der Waals surface area contributed by atoms with E-state index >= 15 is 0 Å². The fraction of sp³-hybridized carbons (Fsp3) is 0.538. The van der Waals surface area contributed by atoms with E-state index in [9.17, 15) is 8.42 Å². The lowest BCUT2D eigenvalue weighted by molar-refractivity contribution is 0.0977. The van der Waals surface area contributed by atoms with Crippen molar-refractivity contribution in [2.45, 2.75) is 31.6 Å². The Labute approximate surface area is 120 Å². The summed E-state index contributed by atoms with van der Waals surface area (Å²) in [6.07, 6.45) is 2.08. The third-order valence-corrected chi connectivity index (χ3v) is 3.81. The SMILES string of the molecule is CCCCOCCOc1cc(N)cc(S(N)(=O)=O)c1C. The van der Waals surface area contributed by atoms with Crippen LogP contribution in [0.2, 0.25) is 0 Å². The van der Waals surface area contributed by atoms with Gasteiger partial charge in [-0.1, -0.05) is 13.3 Å². The fourth-order valence-electron chi connectivity index (χ4n) is 1.69. The summed E-state index contributed by atoms with van der Waals surface area (Å²) in [5.41, 5.74) is 6.41. The van der Waals surface area contributed by atoms with Gasteiger partial charge in [0.25, 0.3) is 0 Å². The molecule has 114 valence electrons. The number of hydrogen-bond acceptors (Lipinski definition) is 5. The van der Waals surface area contributed by atoms with Crippen LogP contribution >= 0.6 is 0 Å².